The maximum absolute atomic E-state index is 12.3. The summed E-state index contributed by atoms with van der Waals surface area (Å²) >= 11 is 0. The van der Waals surface area contributed by atoms with E-state index in [1.165, 1.54) is 5.56 Å². The first kappa shape index (κ1) is 12.2. The maximum Gasteiger partial charge on any atom is 0.257 e. The molecule has 3 rings (SSSR count). The van der Waals surface area contributed by atoms with Gasteiger partial charge in [-0.1, -0.05) is 24.3 Å². The number of rotatable bonds is 3. The van der Waals surface area contributed by atoms with Crippen LogP contribution in [0.3, 0.4) is 0 Å². The SMILES string of the molecule is COCCN=C1NC(=O)C2(CCc3ccccc32)N1. The Morgan fingerprint density at radius 1 is 1.42 bits per heavy atom. The van der Waals surface area contributed by atoms with Crippen LogP contribution in [0.15, 0.2) is 29.3 Å². The Bertz CT molecular complexity index is 541. The zero-order valence-electron chi connectivity index (χ0n) is 10.9. The van der Waals surface area contributed by atoms with Gasteiger partial charge < -0.3 is 10.1 Å². The lowest BCUT2D eigenvalue weighted by atomic mass is 9.92. The van der Waals surface area contributed by atoms with Crippen molar-refractivity contribution in [2.45, 2.75) is 18.4 Å². The molecule has 1 atom stereocenters. The first-order valence-corrected chi connectivity index (χ1v) is 6.48. The van der Waals surface area contributed by atoms with Gasteiger partial charge in [-0.3, -0.25) is 15.1 Å². The second-order valence-corrected chi connectivity index (χ2v) is 4.86. The number of carbonyl (C=O) groups is 1. The molecule has 1 fully saturated rings. The van der Waals surface area contributed by atoms with E-state index in [1.54, 1.807) is 7.11 Å². The summed E-state index contributed by atoms with van der Waals surface area (Å²) in [5, 5.41) is 6.10. The van der Waals surface area contributed by atoms with Gasteiger partial charge in [0.15, 0.2) is 5.96 Å². The van der Waals surface area contributed by atoms with Gasteiger partial charge in [-0.2, -0.15) is 0 Å². The van der Waals surface area contributed by atoms with Crippen molar-refractivity contribution in [2.75, 3.05) is 20.3 Å². The summed E-state index contributed by atoms with van der Waals surface area (Å²) in [7, 11) is 1.63. The molecule has 1 saturated heterocycles. The monoisotopic (exact) mass is 259 g/mol. The smallest absolute Gasteiger partial charge is 0.257 e. The van der Waals surface area contributed by atoms with Crippen molar-refractivity contribution >= 4 is 11.9 Å². The van der Waals surface area contributed by atoms with Gasteiger partial charge in [-0.25, -0.2) is 0 Å². The van der Waals surface area contributed by atoms with Gasteiger partial charge in [-0.05, 0) is 24.0 Å². The van der Waals surface area contributed by atoms with E-state index in [1.807, 2.05) is 18.2 Å². The highest BCUT2D eigenvalue weighted by Gasteiger charge is 2.50. The zero-order chi connectivity index (χ0) is 13.3. The first-order chi connectivity index (χ1) is 9.26. The Hall–Kier alpha value is -1.88. The van der Waals surface area contributed by atoms with Crippen LogP contribution in [-0.4, -0.2) is 32.1 Å². The minimum Gasteiger partial charge on any atom is -0.383 e. The molecule has 2 aliphatic rings. The molecule has 1 unspecified atom stereocenters. The van der Waals surface area contributed by atoms with Gasteiger partial charge in [0.2, 0.25) is 0 Å². The summed E-state index contributed by atoms with van der Waals surface area (Å²) < 4.78 is 4.95. The van der Waals surface area contributed by atoms with Gasteiger partial charge in [0.25, 0.3) is 5.91 Å². The van der Waals surface area contributed by atoms with E-state index in [0.29, 0.717) is 19.1 Å². The van der Waals surface area contributed by atoms with Crippen molar-refractivity contribution in [1.82, 2.24) is 10.6 Å². The minimum atomic E-state index is -0.623. The fourth-order valence-electron chi connectivity index (χ4n) is 2.81. The number of carbonyl (C=O) groups excluding carboxylic acids is 1. The topological polar surface area (TPSA) is 62.7 Å². The highest BCUT2D eigenvalue weighted by Crippen LogP contribution is 2.38. The minimum absolute atomic E-state index is 0.00591. The fraction of sp³-hybridized carbons (Fsp3) is 0.429. The van der Waals surface area contributed by atoms with E-state index in [0.717, 1.165) is 18.4 Å². The van der Waals surface area contributed by atoms with Crippen LogP contribution in [0.5, 0.6) is 0 Å². The van der Waals surface area contributed by atoms with Crippen molar-refractivity contribution in [3.05, 3.63) is 35.4 Å². The number of methoxy groups -OCH3 is 1. The molecular weight excluding hydrogens is 242 g/mol. The average Bonchev–Trinajstić information content (AvgIpc) is 2.94. The molecule has 0 radical (unpaired) electrons. The van der Waals surface area contributed by atoms with E-state index in [9.17, 15) is 4.79 Å². The summed E-state index contributed by atoms with van der Waals surface area (Å²) in [6, 6.07) is 8.09. The molecule has 5 heteroatoms. The fourth-order valence-corrected chi connectivity index (χ4v) is 2.81. The molecule has 1 amide bonds. The summed E-state index contributed by atoms with van der Waals surface area (Å²) in [5.74, 6) is 0.548. The van der Waals surface area contributed by atoms with Crippen LogP contribution >= 0.6 is 0 Å². The standard InChI is InChI=1S/C14H17N3O2/c1-19-9-8-15-13-16-12(18)14(17-13)7-6-10-4-2-3-5-11(10)14/h2-5H,6-9H2,1H3,(H2,15,16,17,18). The Morgan fingerprint density at radius 3 is 3.11 bits per heavy atom. The number of aryl methyl sites for hydroxylation is 1. The van der Waals surface area contributed by atoms with E-state index >= 15 is 0 Å². The molecule has 0 saturated carbocycles. The van der Waals surface area contributed by atoms with Crippen LogP contribution < -0.4 is 10.6 Å². The van der Waals surface area contributed by atoms with Gasteiger partial charge in [0, 0.05) is 7.11 Å². The molecule has 0 aromatic heterocycles. The third kappa shape index (κ3) is 1.90. The normalized spacial score (nSPS) is 26.6. The number of aliphatic imine (C=N–C) groups is 1. The third-order valence-corrected chi connectivity index (χ3v) is 3.76. The van der Waals surface area contributed by atoms with Gasteiger partial charge in [0.1, 0.15) is 5.54 Å². The summed E-state index contributed by atoms with van der Waals surface area (Å²) in [6.07, 6.45) is 1.70. The number of hydrogen-bond acceptors (Lipinski definition) is 3. The molecule has 5 nitrogen and oxygen atoms in total. The van der Waals surface area contributed by atoms with Crippen LogP contribution in [0.4, 0.5) is 0 Å². The Kier molecular flexibility index (Phi) is 2.98. The van der Waals surface area contributed by atoms with Crippen molar-refractivity contribution in [2.24, 2.45) is 4.99 Å². The predicted molar refractivity (Wildman–Crippen MR) is 71.9 cm³/mol. The Balaban J connectivity index is 1.87. The first-order valence-electron chi connectivity index (χ1n) is 6.48. The molecule has 1 heterocycles. The van der Waals surface area contributed by atoms with Crippen LogP contribution in [-0.2, 0) is 21.5 Å². The molecule has 2 N–H and O–H groups in total. The molecular formula is C14H17N3O2. The number of nitrogens with one attached hydrogen (secondary N) is 2. The summed E-state index contributed by atoms with van der Waals surface area (Å²) in [4.78, 5) is 16.6. The van der Waals surface area contributed by atoms with Crippen molar-refractivity contribution in [3.63, 3.8) is 0 Å². The molecule has 1 aromatic carbocycles. The van der Waals surface area contributed by atoms with Gasteiger partial charge in [-0.15, -0.1) is 0 Å². The Labute approximate surface area is 112 Å². The number of amides is 1. The van der Waals surface area contributed by atoms with Crippen LogP contribution in [0.25, 0.3) is 0 Å². The number of nitrogens with zero attached hydrogens (tertiary/aromatic N) is 1. The van der Waals surface area contributed by atoms with E-state index in [2.05, 4.69) is 21.7 Å². The highest BCUT2D eigenvalue weighted by molar-refractivity contribution is 6.09. The molecule has 0 bridgehead atoms. The molecule has 19 heavy (non-hydrogen) atoms. The largest absolute Gasteiger partial charge is 0.383 e. The number of fused-ring (bicyclic) bond motifs is 2. The van der Waals surface area contributed by atoms with Crippen LogP contribution in [0.2, 0.25) is 0 Å². The number of guanidine groups is 1. The lowest BCUT2D eigenvalue weighted by molar-refractivity contribution is -0.124. The molecule has 100 valence electrons. The van der Waals surface area contributed by atoms with Crippen LogP contribution in [0.1, 0.15) is 17.5 Å². The van der Waals surface area contributed by atoms with E-state index in [-0.39, 0.29) is 5.91 Å². The third-order valence-electron chi connectivity index (χ3n) is 3.76. The lowest BCUT2D eigenvalue weighted by Gasteiger charge is -2.21. The molecule has 1 aliphatic carbocycles. The molecule has 1 aromatic rings. The molecule has 1 aliphatic heterocycles. The highest BCUT2D eigenvalue weighted by atomic mass is 16.5. The van der Waals surface area contributed by atoms with Gasteiger partial charge in [0.05, 0.1) is 13.2 Å². The van der Waals surface area contributed by atoms with Crippen molar-refractivity contribution < 1.29 is 9.53 Å². The number of benzene rings is 1. The number of ether oxygens (including phenoxy) is 1. The average molecular weight is 259 g/mol. The summed E-state index contributed by atoms with van der Waals surface area (Å²) in [6.45, 7) is 1.08. The second kappa shape index (κ2) is 4.66. The predicted octanol–water partition coefficient (Wildman–Crippen LogP) is 0.550. The van der Waals surface area contributed by atoms with Gasteiger partial charge >= 0.3 is 0 Å². The van der Waals surface area contributed by atoms with Crippen LogP contribution in [0, 0.1) is 0 Å². The maximum atomic E-state index is 12.3. The number of hydrogen-bond donors (Lipinski definition) is 2. The van der Waals surface area contributed by atoms with Crippen molar-refractivity contribution in [1.29, 1.82) is 0 Å². The Morgan fingerprint density at radius 2 is 2.26 bits per heavy atom. The molecule has 1 spiro atoms. The van der Waals surface area contributed by atoms with Crippen molar-refractivity contribution in [3.8, 4) is 0 Å². The quantitative estimate of drug-likeness (QED) is 0.779. The van der Waals surface area contributed by atoms with E-state index in [4.69, 9.17) is 4.74 Å². The zero-order valence-corrected chi connectivity index (χ0v) is 10.9. The lowest BCUT2D eigenvalue weighted by Crippen LogP contribution is -2.41. The van der Waals surface area contributed by atoms with E-state index < -0.39 is 5.54 Å². The second-order valence-electron chi connectivity index (χ2n) is 4.86. The summed E-state index contributed by atoms with van der Waals surface area (Å²) in [5.41, 5.74) is 1.69.